The highest BCUT2D eigenvalue weighted by molar-refractivity contribution is 5.82. The lowest BCUT2D eigenvalue weighted by Crippen LogP contribution is -2.30. The van der Waals surface area contributed by atoms with E-state index in [-0.39, 0.29) is 11.9 Å². The molecule has 0 N–H and O–H groups in total. The lowest BCUT2D eigenvalue weighted by Gasteiger charge is -2.26. The zero-order valence-electron chi connectivity index (χ0n) is 12.1. The third kappa shape index (κ3) is 3.66. The van der Waals surface area contributed by atoms with Crippen LogP contribution < -0.4 is 0 Å². The molecule has 1 aliphatic rings. The molecule has 0 saturated heterocycles. The minimum absolute atomic E-state index is 0.0598. The van der Waals surface area contributed by atoms with Crippen LogP contribution in [0, 0.1) is 0 Å². The second-order valence-electron chi connectivity index (χ2n) is 4.72. The highest BCUT2D eigenvalue weighted by Crippen LogP contribution is 2.30. The second-order valence-corrected chi connectivity index (χ2v) is 4.72. The van der Waals surface area contributed by atoms with E-state index in [1.54, 1.807) is 0 Å². The molecule has 1 aromatic rings. The van der Waals surface area contributed by atoms with Gasteiger partial charge in [0.2, 0.25) is 6.29 Å². The van der Waals surface area contributed by atoms with Gasteiger partial charge < -0.3 is 14.2 Å². The van der Waals surface area contributed by atoms with Crippen molar-refractivity contribution in [2.45, 2.75) is 39.1 Å². The smallest absolute Gasteiger partial charge is 0.217 e. The molecule has 2 rings (SSSR count). The van der Waals surface area contributed by atoms with E-state index < -0.39 is 6.29 Å². The Hall–Kier alpha value is -1.23. The zero-order valence-corrected chi connectivity index (χ0v) is 12.1. The van der Waals surface area contributed by atoms with Crippen molar-refractivity contribution in [3.05, 3.63) is 35.4 Å². The summed E-state index contributed by atoms with van der Waals surface area (Å²) in [5.41, 5.74) is 2.37. The summed E-state index contributed by atoms with van der Waals surface area (Å²) in [7, 11) is 0. The molecule has 1 aromatic carbocycles. The quantitative estimate of drug-likeness (QED) is 0.719. The average molecular weight is 278 g/mol. The fraction of sp³-hybridized carbons (Fsp3) is 0.562. The summed E-state index contributed by atoms with van der Waals surface area (Å²) in [5, 5.41) is 0. The van der Waals surface area contributed by atoms with Crippen LogP contribution in [0.5, 0.6) is 0 Å². The molecule has 4 heteroatoms. The average Bonchev–Trinajstić information content (AvgIpc) is 2.47. The topological polar surface area (TPSA) is 44.8 Å². The van der Waals surface area contributed by atoms with E-state index in [1.807, 2.05) is 32.0 Å². The minimum Gasteiger partial charge on any atom is -0.373 e. The Bertz CT molecular complexity index is 438. The van der Waals surface area contributed by atoms with Crippen molar-refractivity contribution in [1.82, 2.24) is 0 Å². The number of ether oxygens (including phenoxy) is 3. The molecular weight excluding hydrogens is 256 g/mol. The molecule has 1 unspecified atom stereocenters. The van der Waals surface area contributed by atoms with E-state index in [9.17, 15) is 4.79 Å². The van der Waals surface area contributed by atoms with Crippen LogP contribution in [0.4, 0.5) is 0 Å². The fourth-order valence-electron chi connectivity index (χ4n) is 2.46. The first-order valence-electron chi connectivity index (χ1n) is 7.21. The summed E-state index contributed by atoms with van der Waals surface area (Å²) in [4.78, 5) is 12.3. The number of carbonyl (C=O) groups is 1. The predicted molar refractivity (Wildman–Crippen MR) is 75.5 cm³/mol. The Labute approximate surface area is 120 Å². The van der Waals surface area contributed by atoms with Crippen molar-refractivity contribution in [2.75, 3.05) is 19.8 Å². The van der Waals surface area contributed by atoms with E-state index in [2.05, 4.69) is 6.07 Å². The molecule has 1 aliphatic heterocycles. The molecule has 110 valence electrons. The lowest BCUT2D eigenvalue weighted by atomic mass is 9.94. The summed E-state index contributed by atoms with van der Waals surface area (Å²) in [6, 6.07) is 8.13. The van der Waals surface area contributed by atoms with Gasteiger partial charge in [-0.15, -0.1) is 0 Å². The Kier molecular flexibility index (Phi) is 5.71. The Morgan fingerprint density at radius 3 is 2.70 bits per heavy atom. The molecule has 1 atom stereocenters. The lowest BCUT2D eigenvalue weighted by molar-refractivity contribution is -0.170. The summed E-state index contributed by atoms with van der Waals surface area (Å²) in [6.07, 6.45) is 0.238. The van der Waals surface area contributed by atoms with Gasteiger partial charge in [0.05, 0.1) is 12.7 Å². The third-order valence-corrected chi connectivity index (χ3v) is 3.38. The van der Waals surface area contributed by atoms with Crippen LogP contribution in [0.25, 0.3) is 0 Å². The molecule has 20 heavy (non-hydrogen) atoms. The van der Waals surface area contributed by atoms with Gasteiger partial charge in [0.15, 0.2) is 5.78 Å². The van der Waals surface area contributed by atoms with Crippen LogP contribution in [0.1, 0.15) is 37.5 Å². The monoisotopic (exact) mass is 278 g/mol. The Morgan fingerprint density at radius 2 is 2.00 bits per heavy atom. The number of hydrogen-bond acceptors (Lipinski definition) is 4. The molecule has 0 spiro atoms. The SMILES string of the molecule is CCOC(OCC)C(=O)CC1OCCc2ccccc21. The third-order valence-electron chi connectivity index (χ3n) is 3.38. The van der Waals surface area contributed by atoms with Gasteiger partial charge in [0.1, 0.15) is 0 Å². The summed E-state index contributed by atoms with van der Waals surface area (Å²) in [6.45, 7) is 5.28. The standard InChI is InChI=1S/C16H22O4/c1-3-18-16(19-4-2)14(17)11-15-13-8-6-5-7-12(13)9-10-20-15/h5-8,15-16H,3-4,9-11H2,1-2H3. The Morgan fingerprint density at radius 1 is 1.30 bits per heavy atom. The van der Waals surface area contributed by atoms with E-state index >= 15 is 0 Å². The maximum atomic E-state index is 12.3. The van der Waals surface area contributed by atoms with Crippen molar-refractivity contribution in [2.24, 2.45) is 0 Å². The predicted octanol–water partition coefficient (Wildman–Crippen LogP) is 2.66. The number of ketones is 1. The molecule has 0 aliphatic carbocycles. The highest BCUT2D eigenvalue weighted by atomic mass is 16.7. The number of hydrogen-bond donors (Lipinski definition) is 0. The molecule has 0 bridgehead atoms. The molecular formula is C16H22O4. The van der Waals surface area contributed by atoms with Gasteiger partial charge >= 0.3 is 0 Å². The maximum absolute atomic E-state index is 12.3. The van der Waals surface area contributed by atoms with Crippen LogP contribution in [-0.2, 0) is 25.4 Å². The second kappa shape index (κ2) is 7.53. The van der Waals surface area contributed by atoms with Crippen LogP contribution in [0.15, 0.2) is 24.3 Å². The first-order valence-corrected chi connectivity index (χ1v) is 7.21. The van der Waals surface area contributed by atoms with Gasteiger partial charge in [-0.25, -0.2) is 0 Å². The maximum Gasteiger partial charge on any atom is 0.217 e. The molecule has 0 aromatic heterocycles. The van der Waals surface area contributed by atoms with Crippen molar-refractivity contribution in [1.29, 1.82) is 0 Å². The molecule has 4 nitrogen and oxygen atoms in total. The molecule has 0 radical (unpaired) electrons. The van der Waals surface area contributed by atoms with Crippen LogP contribution in [-0.4, -0.2) is 31.9 Å². The number of Topliss-reactive ketones (excluding diaryl/α,β-unsaturated/α-hetero) is 1. The first kappa shape index (κ1) is 15.2. The first-order chi connectivity index (χ1) is 9.76. The molecule has 1 heterocycles. The van der Waals surface area contributed by atoms with E-state index in [0.29, 0.717) is 26.2 Å². The van der Waals surface area contributed by atoms with Gasteiger partial charge in [0.25, 0.3) is 0 Å². The summed E-state index contributed by atoms with van der Waals surface area (Å²) < 4.78 is 16.4. The summed E-state index contributed by atoms with van der Waals surface area (Å²) in [5.74, 6) is -0.0598. The van der Waals surface area contributed by atoms with E-state index in [0.717, 1.165) is 12.0 Å². The van der Waals surface area contributed by atoms with Crippen LogP contribution >= 0.6 is 0 Å². The van der Waals surface area contributed by atoms with Gasteiger partial charge in [-0.2, -0.15) is 0 Å². The molecule has 0 fully saturated rings. The Balaban J connectivity index is 2.04. The molecule has 0 amide bonds. The van der Waals surface area contributed by atoms with Crippen molar-refractivity contribution >= 4 is 5.78 Å². The van der Waals surface area contributed by atoms with E-state index in [4.69, 9.17) is 14.2 Å². The van der Waals surface area contributed by atoms with Gasteiger partial charge in [-0.05, 0) is 31.4 Å². The van der Waals surface area contributed by atoms with Gasteiger partial charge in [-0.3, -0.25) is 4.79 Å². The van der Waals surface area contributed by atoms with Gasteiger partial charge in [-0.1, -0.05) is 24.3 Å². The zero-order chi connectivity index (χ0) is 14.4. The van der Waals surface area contributed by atoms with Crippen molar-refractivity contribution in [3.8, 4) is 0 Å². The fourth-order valence-corrected chi connectivity index (χ4v) is 2.46. The minimum atomic E-state index is -0.775. The van der Waals surface area contributed by atoms with Crippen LogP contribution in [0.2, 0.25) is 0 Å². The summed E-state index contributed by atoms with van der Waals surface area (Å²) >= 11 is 0. The largest absolute Gasteiger partial charge is 0.373 e. The number of benzene rings is 1. The molecule has 0 saturated carbocycles. The highest BCUT2D eigenvalue weighted by Gasteiger charge is 2.27. The number of rotatable bonds is 7. The van der Waals surface area contributed by atoms with Gasteiger partial charge in [0, 0.05) is 19.6 Å². The van der Waals surface area contributed by atoms with Crippen LogP contribution in [0.3, 0.4) is 0 Å². The van der Waals surface area contributed by atoms with Crippen molar-refractivity contribution < 1.29 is 19.0 Å². The number of fused-ring (bicyclic) bond motifs is 1. The van der Waals surface area contributed by atoms with Crippen molar-refractivity contribution in [3.63, 3.8) is 0 Å². The normalized spacial score (nSPS) is 18.1. The number of carbonyl (C=O) groups excluding carboxylic acids is 1. The van der Waals surface area contributed by atoms with E-state index in [1.165, 1.54) is 5.56 Å².